The molecule has 0 aliphatic carbocycles. The average molecular weight is 173 g/mol. The molecule has 3 nitrogen and oxygen atoms in total. The monoisotopic (exact) mass is 173 g/mol. The largest absolute Gasteiger partial charge is 0.394 e. The smallest absolute Gasteiger partial charge is 0.0608 e. The predicted octanol–water partition coefficient (Wildman–Crippen LogP) is 0.511. The molecule has 3 atom stereocenters. The molecule has 3 N–H and O–H groups in total. The van der Waals surface area contributed by atoms with Crippen LogP contribution in [0.1, 0.15) is 26.7 Å². The lowest BCUT2D eigenvalue weighted by molar-refractivity contribution is 0.0909. The van der Waals surface area contributed by atoms with Crippen molar-refractivity contribution in [3.05, 3.63) is 0 Å². The highest BCUT2D eigenvalue weighted by Crippen LogP contribution is 2.27. The minimum absolute atomic E-state index is 0.0518. The molecule has 72 valence electrons. The van der Waals surface area contributed by atoms with Gasteiger partial charge in [0.05, 0.1) is 12.7 Å². The SMILES string of the molecule is CC1OCCC1CC(C)(N)CO. The van der Waals surface area contributed by atoms with Crippen LogP contribution in [0.5, 0.6) is 0 Å². The molecule has 0 aromatic carbocycles. The zero-order chi connectivity index (χ0) is 9.19. The van der Waals surface area contributed by atoms with Gasteiger partial charge in [0.15, 0.2) is 0 Å². The van der Waals surface area contributed by atoms with E-state index in [1.165, 1.54) is 0 Å². The van der Waals surface area contributed by atoms with Crippen molar-refractivity contribution >= 4 is 0 Å². The second-order valence-electron chi connectivity index (χ2n) is 4.14. The number of aliphatic hydroxyl groups is 1. The number of hydrogen-bond donors (Lipinski definition) is 2. The van der Waals surface area contributed by atoms with Crippen molar-refractivity contribution in [3.8, 4) is 0 Å². The van der Waals surface area contributed by atoms with Gasteiger partial charge in [-0.25, -0.2) is 0 Å². The molecule has 0 spiro atoms. The lowest BCUT2D eigenvalue weighted by Crippen LogP contribution is -2.42. The van der Waals surface area contributed by atoms with Crippen molar-refractivity contribution in [1.29, 1.82) is 0 Å². The maximum Gasteiger partial charge on any atom is 0.0608 e. The molecule has 1 rings (SSSR count). The Balaban J connectivity index is 2.39. The third-order valence-corrected chi connectivity index (χ3v) is 2.62. The molecular formula is C9H19NO2. The number of rotatable bonds is 3. The molecule has 0 amide bonds. The fourth-order valence-electron chi connectivity index (χ4n) is 1.71. The molecule has 1 aliphatic heterocycles. The first kappa shape index (κ1) is 9.96. The van der Waals surface area contributed by atoms with Gasteiger partial charge in [-0.05, 0) is 32.6 Å². The van der Waals surface area contributed by atoms with Crippen LogP contribution in [0.4, 0.5) is 0 Å². The van der Waals surface area contributed by atoms with E-state index in [0.29, 0.717) is 12.0 Å². The van der Waals surface area contributed by atoms with Gasteiger partial charge in [-0.1, -0.05) is 0 Å². The Hall–Kier alpha value is -0.120. The van der Waals surface area contributed by atoms with Crippen LogP contribution in [0.25, 0.3) is 0 Å². The molecule has 1 fully saturated rings. The van der Waals surface area contributed by atoms with E-state index in [1.54, 1.807) is 0 Å². The molecule has 1 saturated heterocycles. The van der Waals surface area contributed by atoms with Crippen LogP contribution in [-0.4, -0.2) is 30.0 Å². The Kier molecular flexibility index (Phi) is 3.09. The Morgan fingerprint density at radius 1 is 1.67 bits per heavy atom. The summed E-state index contributed by atoms with van der Waals surface area (Å²) in [5, 5.41) is 8.97. The number of nitrogens with two attached hydrogens (primary N) is 1. The van der Waals surface area contributed by atoms with Crippen LogP contribution in [0.2, 0.25) is 0 Å². The zero-order valence-corrected chi connectivity index (χ0v) is 7.92. The van der Waals surface area contributed by atoms with Crippen LogP contribution in [-0.2, 0) is 4.74 Å². The Labute approximate surface area is 73.9 Å². The van der Waals surface area contributed by atoms with Crippen molar-refractivity contribution in [2.24, 2.45) is 11.7 Å². The second-order valence-corrected chi connectivity index (χ2v) is 4.14. The van der Waals surface area contributed by atoms with Crippen LogP contribution < -0.4 is 5.73 Å². The highest BCUT2D eigenvalue weighted by Gasteiger charge is 2.30. The summed E-state index contributed by atoms with van der Waals surface area (Å²) in [5.41, 5.74) is 5.41. The van der Waals surface area contributed by atoms with Gasteiger partial charge in [0.2, 0.25) is 0 Å². The van der Waals surface area contributed by atoms with Crippen molar-refractivity contribution in [2.45, 2.75) is 38.3 Å². The van der Waals surface area contributed by atoms with Gasteiger partial charge in [-0.2, -0.15) is 0 Å². The zero-order valence-electron chi connectivity index (χ0n) is 7.92. The predicted molar refractivity (Wildman–Crippen MR) is 47.8 cm³/mol. The summed E-state index contributed by atoms with van der Waals surface area (Å²) in [5.74, 6) is 0.521. The summed E-state index contributed by atoms with van der Waals surface area (Å²) in [6, 6.07) is 0. The number of aliphatic hydroxyl groups excluding tert-OH is 1. The summed E-state index contributed by atoms with van der Waals surface area (Å²) in [6.07, 6.45) is 2.23. The molecule has 0 bridgehead atoms. The Bertz CT molecular complexity index is 147. The van der Waals surface area contributed by atoms with Gasteiger partial charge in [-0.3, -0.25) is 0 Å². The van der Waals surface area contributed by atoms with Crippen molar-refractivity contribution in [3.63, 3.8) is 0 Å². The number of ether oxygens (including phenoxy) is 1. The lowest BCUT2D eigenvalue weighted by Gasteiger charge is -2.26. The highest BCUT2D eigenvalue weighted by molar-refractivity contribution is 4.85. The van der Waals surface area contributed by atoms with E-state index < -0.39 is 5.54 Å². The minimum Gasteiger partial charge on any atom is -0.394 e. The van der Waals surface area contributed by atoms with Crippen molar-refractivity contribution < 1.29 is 9.84 Å². The summed E-state index contributed by atoms with van der Waals surface area (Å²) in [4.78, 5) is 0. The van der Waals surface area contributed by atoms with Gasteiger partial charge in [0.25, 0.3) is 0 Å². The summed E-state index contributed by atoms with van der Waals surface area (Å²) in [6.45, 7) is 4.85. The van der Waals surface area contributed by atoms with Gasteiger partial charge in [0, 0.05) is 12.1 Å². The van der Waals surface area contributed by atoms with E-state index >= 15 is 0 Å². The molecule has 1 aliphatic rings. The molecular weight excluding hydrogens is 154 g/mol. The average Bonchev–Trinajstić information content (AvgIpc) is 2.36. The first-order valence-electron chi connectivity index (χ1n) is 4.56. The molecule has 12 heavy (non-hydrogen) atoms. The molecule has 0 aromatic rings. The summed E-state index contributed by atoms with van der Waals surface area (Å²) < 4.78 is 5.42. The fourth-order valence-corrected chi connectivity index (χ4v) is 1.71. The third-order valence-electron chi connectivity index (χ3n) is 2.62. The maximum absolute atomic E-state index is 8.97. The standard InChI is InChI=1S/C9H19NO2/c1-7-8(3-4-12-7)5-9(2,10)6-11/h7-8,11H,3-6,10H2,1-2H3. The normalized spacial score (nSPS) is 35.0. The molecule has 1 heterocycles. The quantitative estimate of drug-likeness (QED) is 0.654. The van der Waals surface area contributed by atoms with Gasteiger partial charge in [0.1, 0.15) is 0 Å². The fraction of sp³-hybridized carbons (Fsp3) is 1.00. The second kappa shape index (κ2) is 3.73. The first-order valence-corrected chi connectivity index (χ1v) is 4.56. The van der Waals surface area contributed by atoms with Crippen LogP contribution in [0.3, 0.4) is 0 Å². The van der Waals surface area contributed by atoms with Crippen LogP contribution in [0.15, 0.2) is 0 Å². The third kappa shape index (κ3) is 2.44. The van der Waals surface area contributed by atoms with Crippen molar-refractivity contribution in [1.82, 2.24) is 0 Å². The summed E-state index contributed by atoms with van der Waals surface area (Å²) in [7, 11) is 0. The minimum atomic E-state index is -0.438. The van der Waals surface area contributed by atoms with Crippen LogP contribution >= 0.6 is 0 Å². The molecule has 3 unspecified atom stereocenters. The van der Waals surface area contributed by atoms with E-state index in [2.05, 4.69) is 6.92 Å². The van der Waals surface area contributed by atoms with Crippen molar-refractivity contribution in [2.75, 3.05) is 13.2 Å². The summed E-state index contributed by atoms with van der Waals surface area (Å²) >= 11 is 0. The lowest BCUT2D eigenvalue weighted by atomic mass is 9.87. The topological polar surface area (TPSA) is 55.5 Å². The van der Waals surface area contributed by atoms with E-state index in [9.17, 15) is 0 Å². The Morgan fingerprint density at radius 2 is 2.33 bits per heavy atom. The van der Waals surface area contributed by atoms with E-state index in [-0.39, 0.29) is 6.61 Å². The Morgan fingerprint density at radius 3 is 2.75 bits per heavy atom. The highest BCUT2D eigenvalue weighted by atomic mass is 16.5. The molecule has 3 heteroatoms. The molecule has 0 aromatic heterocycles. The molecule has 0 radical (unpaired) electrons. The van der Waals surface area contributed by atoms with E-state index in [0.717, 1.165) is 19.4 Å². The number of hydrogen-bond acceptors (Lipinski definition) is 3. The molecule has 0 saturated carbocycles. The van der Waals surface area contributed by atoms with Crippen LogP contribution in [0, 0.1) is 5.92 Å². The van der Waals surface area contributed by atoms with Gasteiger partial charge >= 0.3 is 0 Å². The van der Waals surface area contributed by atoms with Gasteiger partial charge in [-0.15, -0.1) is 0 Å². The first-order chi connectivity index (χ1) is 5.55. The van der Waals surface area contributed by atoms with Gasteiger partial charge < -0.3 is 15.6 Å². The van der Waals surface area contributed by atoms with E-state index in [1.807, 2.05) is 6.92 Å². The maximum atomic E-state index is 8.97. The van der Waals surface area contributed by atoms with E-state index in [4.69, 9.17) is 15.6 Å².